The lowest BCUT2D eigenvalue weighted by Crippen LogP contribution is -2.47. The molecule has 2 amide bonds. The smallest absolute Gasteiger partial charge is 0.408 e. The van der Waals surface area contributed by atoms with Gasteiger partial charge in [-0.2, -0.15) is 0 Å². The van der Waals surface area contributed by atoms with Gasteiger partial charge in [0, 0.05) is 12.1 Å². The highest BCUT2D eigenvalue weighted by Crippen LogP contribution is 2.30. The van der Waals surface area contributed by atoms with E-state index in [0.29, 0.717) is 0 Å². The minimum absolute atomic E-state index is 0.184. The first-order chi connectivity index (χ1) is 18.2. The summed E-state index contributed by atoms with van der Waals surface area (Å²) in [5, 5.41) is 8.34. The zero-order valence-electron chi connectivity index (χ0n) is 24.3. The first-order valence-electron chi connectivity index (χ1n) is 13.6. The van der Waals surface area contributed by atoms with E-state index < -0.39 is 41.3 Å². The van der Waals surface area contributed by atoms with E-state index in [4.69, 9.17) is 14.2 Å². The Kier molecular flexibility index (Phi) is 11.6. The molecule has 1 unspecified atom stereocenters. The van der Waals surface area contributed by atoms with Crippen LogP contribution in [0.1, 0.15) is 79.2 Å². The molecule has 1 aliphatic carbocycles. The summed E-state index contributed by atoms with van der Waals surface area (Å²) in [6.07, 6.45) is 4.77. The highest BCUT2D eigenvalue weighted by atomic mass is 16.6. The number of esters is 2. The van der Waals surface area contributed by atoms with Crippen LogP contribution < -0.4 is 16.0 Å². The third kappa shape index (κ3) is 12.0. The number of benzene rings is 1. The van der Waals surface area contributed by atoms with Crippen molar-refractivity contribution in [1.82, 2.24) is 10.6 Å². The Morgan fingerprint density at radius 3 is 2.00 bits per heavy atom. The Bertz CT molecular complexity index is 974. The number of ether oxygens (including phenoxy) is 3. The third-order valence-electron chi connectivity index (χ3n) is 6.11. The number of hydrogen-bond acceptors (Lipinski definition) is 8. The first-order valence-corrected chi connectivity index (χ1v) is 13.6. The molecule has 0 spiro atoms. The van der Waals surface area contributed by atoms with Crippen molar-refractivity contribution >= 4 is 29.6 Å². The van der Waals surface area contributed by atoms with Gasteiger partial charge in [0.1, 0.15) is 29.8 Å². The highest BCUT2D eigenvalue weighted by Gasteiger charge is 2.33. The van der Waals surface area contributed by atoms with E-state index in [1.807, 2.05) is 45.0 Å². The van der Waals surface area contributed by atoms with Crippen LogP contribution in [0.3, 0.4) is 0 Å². The van der Waals surface area contributed by atoms with Crippen LogP contribution in [0.15, 0.2) is 24.3 Å². The number of alkyl carbamates (subject to hydrolysis) is 1. The molecule has 1 aromatic rings. The summed E-state index contributed by atoms with van der Waals surface area (Å²) in [5.41, 5.74) is 0.272. The van der Waals surface area contributed by atoms with Gasteiger partial charge in [-0.1, -0.05) is 31.4 Å². The van der Waals surface area contributed by atoms with Crippen molar-refractivity contribution < 1.29 is 33.4 Å². The van der Waals surface area contributed by atoms with E-state index in [9.17, 15) is 19.2 Å². The van der Waals surface area contributed by atoms with Gasteiger partial charge in [-0.25, -0.2) is 14.4 Å². The van der Waals surface area contributed by atoms with E-state index in [0.717, 1.165) is 36.9 Å². The second kappa shape index (κ2) is 14.2. The molecule has 0 radical (unpaired) electrons. The standard InChI is InChI=1S/C29H45N3O7/c1-28(2,3)38-26(35)24(20-11-9-8-10-12-20)31-21-15-13-19(14-16-21)17-22(25(34)37-7)32-23(33)18-30-27(36)39-29(4,5)6/h13-16,20,22,24,31H,8-12,17-18H2,1-7H3,(H,30,36)(H,32,33)/t22-,24?/m0/s1. The lowest BCUT2D eigenvalue weighted by molar-refractivity contribution is -0.157. The Morgan fingerprint density at radius 2 is 1.46 bits per heavy atom. The minimum Gasteiger partial charge on any atom is -0.467 e. The quantitative estimate of drug-likeness (QED) is 0.295. The van der Waals surface area contributed by atoms with E-state index in [1.165, 1.54) is 13.5 Å². The number of rotatable bonds is 10. The van der Waals surface area contributed by atoms with Gasteiger partial charge in [0.15, 0.2) is 0 Å². The molecule has 0 aliphatic heterocycles. The maximum Gasteiger partial charge on any atom is 0.408 e. The van der Waals surface area contributed by atoms with Crippen LogP contribution in [0.2, 0.25) is 0 Å². The second-order valence-corrected chi connectivity index (χ2v) is 12.0. The van der Waals surface area contributed by atoms with Gasteiger partial charge >= 0.3 is 18.0 Å². The van der Waals surface area contributed by atoms with E-state index in [1.54, 1.807) is 20.8 Å². The summed E-state index contributed by atoms with van der Waals surface area (Å²) in [6, 6.07) is 5.95. The molecule has 0 saturated heterocycles. The fourth-order valence-corrected chi connectivity index (χ4v) is 4.40. The molecule has 1 saturated carbocycles. The number of carbonyl (C=O) groups is 4. The molecule has 218 valence electrons. The first kappa shape index (κ1) is 31.9. The molecule has 10 heteroatoms. The van der Waals surface area contributed by atoms with Crippen LogP contribution in [0.25, 0.3) is 0 Å². The Hall–Kier alpha value is -3.30. The average molecular weight is 548 g/mol. The van der Waals surface area contributed by atoms with E-state index in [-0.39, 0.29) is 24.9 Å². The van der Waals surface area contributed by atoms with Gasteiger partial charge in [-0.3, -0.25) is 4.79 Å². The summed E-state index contributed by atoms with van der Waals surface area (Å²) in [4.78, 5) is 49.6. The number of carbonyl (C=O) groups excluding carboxylic acids is 4. The Labute approximate surface area is 231 Å². The van der Waals surface area contributed by atoms with Gasteiger partial charge in [-0.05, 0) is 78.0 Å². The summed E-state index contributed by atoms with van der Waals surface area (Å²) in [5.74, 6) is -1.22. The van der Waals surface area contributed by atoms with Gasteiger partial charge in [-0.15, -0.1) is 0 Å². The lowest BCUT2D eigenvalue weighted by Gasteiger charge is -2.32. The summed E-state index contributed by atoms with van der Waals surface area (Å²) in [7, 11) is 1.25. The van der Waals surface area contributed by atoms with E-state index in [2.05, 4.69) is 16.0 Å². The molecule has 0 heterocycles. The normalized spacial score (nSPS) is 15.9. The molecule has 0 aromatic heterocycles. The molecule has 1 aromatic carbocycles. The molecular weight excluding hydrogens is 502 g/mol. The van der Waals surface area contributed by atoms with Gasteiger partial charge in [0.25, 0.3) is 0 Å². The van der Waals surface area contributed by atoms with E-state index >= 15 is 0 Å². The van der Waals surface area contributed by atoms with Crippen LogP contribution in [0, 0.1) is 5.92 Å². The zero-order chi connectivity index (χ0) is 29.2. The van der Waals surface area contributed by atoms with Crippen molar-refractivity contribution in [2.75, 3.05) is 19.0 Å². The third-order valence-corrected chi connectivity index (χ3v) is 6.11. The number of hydrogen-bond donors (Lipinski definition) is 3. The van der Waals surface area contributed by atoms with Crippen LogP contribution in [-0.2, 0) is 35.0 Å². The largest absolute Gasteiger partial charge is 0.467 e. The molecule has 0 bridgehead atoms. The summed E-state index contributed by atoms with van der Waals surface area (Å²) >= 11 is 0. The number of anilines is 1. The molecule has 10 nitrogen and oxygen atoms in total. The van der Waals surface area contributed by atoms with Crippen LogP contribution in [-0.4, -0.2) is 60.9 Å². The SMILES string of the molecule is COC(=O)[C@H](Cc1ccc(NC(C(=O)OC(C)(C)C)C2CCCCC2)cc1)NC(=O)CNC(=O)OC(C)(C)C. The number of nitrogens with one attached hydrogen (secondary N) is 3. The topological polar surface area (TPSA) is 132 Å². The van der Waals surface area contributed by atoms with Gasteiger partial charge in [0.2, 0.25) is 5.91 Å². The van der Waals surface area contributed by atoms with Gasteiger partial charge < -0.3 is 30.2 Å². The van der Waals surface area contributed by atoms with Crippen molar-refractivity contribution in [3.05, 3.63) is 29.8 Å². The maximum absolute atomic E-state index is 13.0. The lowest BCUT2D eigenvalue weighted by atomic mass is 9.83. The second-order valence-electron chi connectivity index (χ2n) is 12.0. The van der Waals surface area contributed by atoms with Gasteiger partial charge in [0.05, 0.1) is 7.11 Å². The molecule has 1 fully saturated rings. The summed E-state index contributed by atoms with van der Waals surface area (Å²) in [6.45, 7) is 10.4. The Balaban J connectivity index is 2.04. The monoisotopic (exact) mass is 547 g/mol. The summed E-state index contributed by atoms with van der Waals surface area (Å²) < 4.78 is 15.7. The fraction of sp³-hybridized carbons (Fsp3) is 0.655. The predicted octanol–water partition coefficient (Wildman–Crippen LogP) is 4.11. The fourth-order valence-electron chi connectivity index (χ4n) is 4.40. The van der Waals surface area contributed by atoms with Crippen molar-refractivity contribution in [2.24, 2.45) is 5.92 Å². The van der Waals surface area contributed by atoms with Crippen LogP contribution in [0.4, 0.5) is 10.5 Å². The van der Waals surface area contributed by atoms with Crippen molar-refractivity contribution in [3.8, 4) is 0 Å². The number of amides is 2. The molecule has 2 atom stereocenters. The maximum atomic E-state index is 13.0. The number of methoxy groups -OCH3 is 1. The predicted molar refractivity (Wildman–Crippen MR) is 148 cm³/mol. The molecular formula is C29H45N3O7. The molecule has 1 aliphatic rings. The Morgan fingerprint density at radius 1 is 0.872 bits per heavy atom. The van der Waals surface area contributed by atoms with Crippen molar-refractivity contribution in [1.29, 1.82) is 0 Å². The van der Waals surface area contributed by atoms with Crippen molar-refractivity contribution in [2.45, 2.75) is 103 Å². The molecule has 39 heavy (non-hydrogen) atoms. The highest BCUT2D eigenvalue weighted by molar-refractivity contribution is 5.87. The molecule has 2 rings (SSSR count). The molecule has 3 N–H and O–H groups in total. The van der Waals surface area contributed by atoms with Crippen molar-refractivity contribution in [3.63, 3.8) is 0 Å². The minimum atomic E-state index is -0.946. The zero-order valence-corrected chi connectivity index (χ0v) is 24.3. The van der Waals surface area contributed by atoms with Crippen LogP contribution in [0.5, 0.6) is 0 Å². The van der Waals surface area contributed by atoms with Crippen LogP contribution >= 0.6 is 0 Å². The average Bonchev–Trinajstić information content (AvgIpc) is 2.84.